The molecule has 0 aliphatic heterocycles. The van der Waals surface area contributed by atoms with Gasteiger partial charge < -0.3 is 10.1 Å². The smallest absolute Gasteiger partial charge is 0.340 e. The molecule has 16 heavy (non-hydrogen) atoms. The Morgan fingerprint density at radius 3 is 2.69 bits per heavy atom. The Labute approximate surface area is 92.4 Å². The van der Waals surface area contributed by atoms with Gasteiger partial charge in [0, 0.05) is 12.1 Å². The largest absolute Gasteiger partial charge is 0.465 e. The topological polar surface area (TPSA) is 55.4 Å². The number of rotatable bonds is 3. The lowest BCUT2D eigenvalue weighted by Gasteiger charge is -2.06. The Morgan fingerprint density at radius 1 is 1.44 bits per heavy atom. The number of halogens is 1. The fourth-order valence-electron chi connectivity index (χ4n) is 1.12. The zero-order valence-electron chi connectivity index (χ0n) is 9.04. The Bertz CT molecular complexity index is 418. The van der Waals surface area contributed by atoms with Crippen LogP contribution in [0.5, 0.6) is 0 Å². The van der Waals surface area contributed by atoms with Crippen LogP contribution in [0.2, 0.25) is 0 Å². The van der Waals surface area contributed by atoms with Crippen molar-refractivity contribution < 1.29 is 18.7 Å². The lowest BCUT2D eigenvalue weighted by molar-refractivity contribution is -0.115. The van der Waals surface area contributed by atoms with E-state index >= 15 is 0 Å². The molecule has 1 aromatic rings. The molecule has 0 unspecified atom stereocenters. The number of amides is 1. The molecule has 0 radical (unpaired) electrons. The van der Waals surface area contributed by atoms with Gasteiger partial charge in [-0.2, -0.15) is 0 Å². The summed E-state index contributed by atoms with van der Waals surface area (Å²) >= 11 is 0. The molecule has 1 rings (SSSR count). The maximum absolute atomic E-state index is 13.2. The number of ether oxygens (including phenoxy) is 1. The van der Waals surface area contributed by atoms with Gasteiger partial charge in [-0.05, 0) is 18.2 Å². The summed E-state index contributed by atoms with van der Waals surface area (Å²) in [4.78, 5) is 22.3. The number of hydrogen-bond donors (Lipinski definition) is 1. The van der Waals surface area contributed by atoms with Gasteiger partial charge in [0.1, 0.15) is 5.82 Å². The van der Waals surface area contributed by atoms with Crippen molar-refractivity contribution >= 4 is 17.6 Å². The second-order valence-corrected chi connectivity index (χ2v) is 3.09. The summed E-state index contributed by atoms with van der Waals surface area (Å²) in [5, 5.41) is 2.52. The molecule has 5 heteroatoms. The lowest BCUT2D eigenvalue weighted by atomic mass is 10.2. The van der Waals surface area contributed by atoms with Gasteiger partial charge in [0.15, 0.2) is 0 Å². The third-order valence-corrected chi connectivity index (χ3v) is 1.98. The highest BCUT2D eigenvalue weighted by Gasteiger charge is 2.13. The highest BCUT2D eigenvalue weighted by atomic mass is 19.1. The molecule has 86 valence electrons. The maximum Gasteiger partial charge on any atom is 0.340 e. The fourth-order valence-corrected chi connectivity index (χ4v) is 1.12. The minimum atomic E-state index is -0.773. The van der Waals surface area contributed by atoms with E-state index in [4.69, 9.17) is 0 Å². The molecule has 0 aliphatic carbocycles. The van der Waals surface area contributed by atoms with Crippen LogP contribution in [-0.2, 0) is 9.53 Å². The van der Waals surface area contributed by atoms with Crippen molar-refractivity contribution in [3.8, 4) is 0 Å². The van der Waals surface area contributed by atoms with Gasteiger partial charge >= 0.3 is 5.97 Å². The predicted octanol–water partition coefficient (Wildman–Crippen LogP) is 1.96. The molecule has 0 saturated heterocycles. The second kappa shape index (κ2) is 5.25. The highest BCUT2D eigenvalue weighted by Crippen LogP contribution is 2.15. The van der Waals surface area contributed by atoms with Crippen LogP contribution in [-0.4, -0.2) is 19.0 Å². The first-order chi connectivity index (χ1) is 7.58. The molecule has 0 fully saturated rings. The number of esters is 1. The van der Waals surface area contributed by atoms with E-state index in [2.05, 4.69) is 10.1 Å². The van der Waals surface area contributed by atoms with Crippen LogP contribution in [0.4, 0.5) is 10.1 Å². The number of benzene rings is 1. The Hall–Kier alpha value is -1.91. The quantitative estimate of drug-likeness (QED) is 0.800. The third-order valence-electron chi connectivity index (χ3n) is 1.98. The summed E-state index contributed by atoms with van der Waals surface area (Å²) in [6.07, 6.45) is 0.310. The first kappa shape index (κ1) is 12.2. The van der Waals surface area contributed by atoms with Crippen LogP contribution in [0.25, 0.3) is 0 Å². The van der Waals surface area contributed by atoms with E-state index in [1.165, 1.54) is 19.2 Å². The van der Waals surface area contributed by atoms with Crippen LogP contribution in [0.3, 0.4) is 0 Å². The van der Waals surface area contributed by atoms with Crippen molar-refractivity contribution in [2.75, 3.05) is 12.4 Å². The summed E-state index contributed by atoms with van der Waals surface area (Å²) in [6.45, 7) is 1.69. The standard InChI is InChI=1S/C11H12FNO3/c1-3-10(14)13-7-4-5-9(12)8(6-7)11(15)16-2/h4-6H,3H2,1-2H3,(H,13,14). The van der Waals surface area contributed by atoms with Gasteiger partial charge in [-0.1, -0.05) is 6.92 Å². The Morgan fingerprint density at radius 2 is 2.12 bits per heavy atom. The highest BCUT2D eigenvalue weighted by molar-refractivity contribution is 5.94. The molecule has 0 atom stereocenters. The van der Waals surface area contributed by atoms with E-state index in [0.717, 1.165) is 6.07 Å². The van der Waals surface area contributed by atoms with Gasteiger partial charge in [-0.3, -0.25) is 4.79 Å². The van der Waals surface area contributed by atoms with Crippen molar-refractivity contribution in [3.05, 3.63) is 29.6 Å². The first-order valence-electron chi connectivity index (χ1n) is 4.76. The minimum Gasteiger partial charge on any atom is -0.465 e. The summed E-state index contributed by atoms with van der Waals surface area (Å²) in [5.41, 5.74) is 0.171. The van der Waals surface area contributed by atoms with Crippen molar-refractivity contribution in [3.63, 3.8) is 0 Å². The molecule has 0 bridgehead atoms. The molecular formula is C11H12FNO3. The molecule has 0 spiro atoms. The number of hydrogen-bond acceptors (Lipinski definition) is 3. The van der Waals surface area contributed by atoms with E-state index in [1.54, 1.807) is 6.92 Å². The second-order valence-electron chi connectivity index (χ2n) is 3.09. The van der Waals surface area contributed by atoms with Crippen molar-refractivity contribution in [1.29, 1.82) is 0 Å². The van der Waals surface area contributed by atoms with Crippen LogP contribution < -0.4 is 5.32 Å². The SMILES string of the molecule is CCC(=O)Nc1ccc(F)c(C(=O)OC)c1. The number of carbonyl (C=O) groups is 2. The average molecular weight is 225 g/mol. The van der Waals surface area contributed by atoms with Crippen LogP contribution in [0.15, 0.2) is 18.2 Å². The third kappa shape index (κ3) is 2.79. The van der Waals surface area contributed by atoms with Crippen molar-refractivity contribution in [2.45, 2.75) is 13.3 Å². The zero-order valence-corrected chi connectivity index (χ0v) is 9.04. The molecular weight excluding hydrogens is 213 g/mol. The van der Waals surface area contributed by atoms with Crippen LogP contribution in [0.1, 0.15) is 23.7 Å². The molecule has 1 amide bonds. The molecule has 0 saturated carbocycles. The Kier molecular flexibility index (Phi) is 3.99. The number of methoxy groups -OCH3 is 1. The number of nitrogens with one attached hydrogen (secondary N) is 1. The van der Waals surface area contributed by atoms with Crippen LogP contribution >= 0.6 is 0 Å². The summed E-state index contributed by atoms with van der Waals surface area (Å²) in [5.74, 6) is -1.66. The van der Waals surface area contributed by atoms with E-state index in [-0.39, 0.29) is 11.5 Å². The van der Waals surface area contributed by atoms with Gasteiger partial charge in [-0.25, -0.2) is 9.18 Å². The average Bonchev–Trinajstić information content (AvgIpc) is 2.30. The van der Waals surface area contributed by atoms with E-state index in [0.29, 0.717) is 12.1 Å². The Balaban J connectivity index is 2.98. The predicted molar refractivity (Wildman–Crippen MR) is 56.7 cm³/mol. The molecule has 0 heterocycles. The van der Waals surface area contributed by atoms with Gasteiger partial charge in [0.05, 0.1) is 12.7 Å². The number of anilines is 1. The normalized spacial score (nSPS) is 9.69. The van der Waals surface area contributed by atoms with Gasteiger partial charge in [0.25, 0.3) is 0 Å². The number of carbonyl (C=O) groups excluding carboxylic acids is 2. The fraction of sp³-hybridized carbons (Fsp3) is 0.273. The minimum absolute atomic E-state index is 0.198. The zero-order chi connectivity index (χ0) is 12.1. The molecule has 1 N–H and O–H groups in total. The van der Waals surface area contributed by atoms with E-state index in [9.17, 15) is 14.0 Å². The first-order valence-corrected chi connectivity index (χ1v) is 4.76. The summed E-state index contributed by atoms with van der Waals surface area (Å²) in [6, 6.07) is 3.74. The monoisotopic (exact) mass is 225 g/mol. The van der Waals surface area contributed by atoms with E-state index < -0.39 is 11.8 Å². The summed E-state index contributed by atoms with van der Waals surface area (Å²) in [7, 11) is 1.17. The van der Waals surface area contributed by atoms with Crippen LogP contribution in [0, 0.1) is 5.82 Å². The molecule has 0 aromatic heterocycles. The van der Waals surface area contributed by atoms with Crippen molar-refractivity contribution in [2.24, 2.45) is 0 Å². The molecule has 1 aromatic carbocycles. The lowest BCUT2D eigenvalue weighted by Crippen LogP contribution is -2.11. The molecule has 4 nitrogen and oxygen atoms in total. The molecule has 0 aliphatic rings. The maximum atomic E-state index is 13.2. The van der Waals surface area contributed by atoms with Gasteiger partial charge in [-0.15, -0.1) is 0 Å². The van der Waals surface area contributed by atoms with Crippen molar-refractivity contribution in [1.82, 2.24) is 0 Å². The summed E-state index contributed by atoms with van der Waals surface area (Å²) < 4.78 is 17.6. The van der Waals surface area contributed by atoms with Gasteiger partial charge in [0.2, 0.25) is 5.91 Å². The van der Waals surface area contributed by atoms with E-state index in [1.807, 2.05) is 0 Å².